The zero-order valence-corrected chi connectivity index (χ0v) is 17.1. The third-order valence-electron chi connectivity index (χ3n) is 5.16. The van der Waals surface area contributed by atoms with Crippen molar-refractivity contribution in [1.29, 1.82) is 0 Å². The Balaban J connectivity index is 1.77. The van der Waals surface area contributed by atoms with Gasteiger partial charge in [-0.2, -0.15) is 0 Å². The largest absolute Gasteiger partial charge is 0.377 e. The summed E-state index contributed by atoms with van der Waals surface area (Å²) < 4.78 is 14.4. The van der Waals surface area contributed by atoms with Crippen molar-refractivity contribution in [3.05, 3.63) is 63.5 Å². The fourth-order valence-electron chi connectivity index (χ4n) is 3.50. The van der Waals surface area contributed by atoms with Crippen LogP contribution in [-0.2, 0) is 0 Å². The summed E-state index contributed by atoms with van der Waals surface area (Å²) in [5.74, 6) is -0.977. The molecular weight excluding hydrogens is 391 g/mol. The molecule has 2 aromatic carbocycles. The zero-order valence-electron chi connectivity index (χ0n) is 17.1. The molecule has 1 aliphatic heterocycles. The maximum atomic E-state index is 14.4. The number of Topliss-reactive ketones (excluding diaryl/α,β-unsaturated/α-hetero) is 1. The minimum atomic E-state index is -0.526. The molecule has 3 rings (SSSR count). The Labute approximate surface area is 173 Å². The molecule has 0 unspecified atom stereocenters. The predicted molar refractivity (Wildman–Crippen MR) is 112 cm³/mol. The highest BCUT2D eigenvalue weighted by atomic mass is 19.1. The fraction of sp³-hybridized carbons (Fsp3) is 0.333. The average Bonchev–Trinajstić information content (AvgIpc) is 2.72. The number of carbonyl (C=O) groups excluding carboxylic acids is 2. The minimum absolute atomic E-state index is 0.143. The molecule has 2 aromatic rings. The molecule has 1 heterocycles. The van der Waals surface area contributed by atoms with E-state index in [9.17, 15) is 24.1 Å². The van der Waals surface area contributed by atoms with E-state index in [-0.39, 0.29) is 22.9 Å². The number of piperazine rings is 1. The quantitative estimate of drug-likeness (QED) is 0.425. The van der Waals surface area contributed by atoms with E-state index in [2.05, 4.69) is 0 Å². The number of hydrogen-bond acceptors (Lipinski definition) is 6. The molecular formula is C21H23FN4O4. The molecule has 1 saturated heterocycles. The Bertz CT molecular complexity index is 1000. The Morgan fingerprint density at radius 3 is 2.27 bits per heavy atom. The summed E-state index contributed by atoms with van der Waals surface area (Å²) in [4.78, 5) is 40.3. The first-order valence-corrected chi connectivity index (χ1v) is 9.49. The summed E-state index contributed by atoms with van der Waals surface area (Å²) >= 11 is 0. The van der Waals surface area contributed by atoms with E-state index in [1.165, 1.54) is 25.1 Å². The Hall–Kier alpha value is -3.49. The summed E-state index contributed by atoms with van der Waals surface area (Å²) in [6, 6.07) is 8.62. The van der Waals surface area contributed by atoms with Gasteiger partial charge in [-0.3, -0.25) is 19.7 Å². The number of amides is 1. The van der Waals surface area contributed by atoms with Crippen LogP contribution in [-0.4, -0.2) is 61.8 Å². The van der Waals surface area contributed by atoms with Gasteiger partial charge in [0.1, 0.15) is 5.82 Å². The monoisotopic (exact) mass is 414 g/mol. The molecule has 158 valence electrons. The highest BCUT2D eigenvalue weighted by Crippen LogP contribution is 2.27. The number of benzene rings is 2. The number of halogens is 1. The highest BCUT2D eigenvalue weighted by molar-refractivity contribution is 6.00. The van der Waals surface area contributed by atoms with Crippen LogP contribution >= 0.6 is 0 Å². The number of hydrogen-bond donors (Lipinski definition) is 0. The lowest BCUT2D eigenvalue weighted by molar-refractivity contribution is -0.384. The maximum Gasteiger partial charge on any atom is 0.270 e. The lowest BCUT2D eigenvalue weighted by Crippen LogP contribution is -2.49. The summed E-state index contributed by atoms with van der Waals surface area (Å²) in [7, 11) is 3.53. The van der Waals surface area contributed by atoms with Gasteiger partial charge < -0.3 is 14.7 Å². The molecule has 0 saturated carbocycles. The van der Waals surface area contributed by atoms with Gasteiger partial charge in [-0.15, -0.1) is 0 Å². The van der Waals surface area contributed by atoms with Crippen molar-refractivity contribution in [2.75, 3.05) is 50.1 Å². The van der Waals surface area contributed by atoms with Crippen LogP contribution in [0.3, 0.4) is 0 Å². The van der Waals surface area contributed by atoms with Crippen LogP contribution in [0.25, 0.3) is 0 Å². The van der Waals surface area contributed by atoms with Crippen LogP contribution in [0.5, 0.6) is 0 Å². The molecule has 0 atom stereocenters. The second kappa shape index (κ2) is 8.48. The lowest BCUT2D eigenvalue weighted by Gasteiger charge is -2.36. The number of anilines is 2. The number of non-ortho nitro benzene ring substituents is 1. The van der Waals surface area contributed by atoms with Gasteiger partial charge in [0.2, 0.25) is 0 Å². The zero-order chi connectivity index (χ0) is 22.0. The van der Waals surface area contributed by atoms with Crippen molar-refractivity contribution in [1.82, 2.24) is 4.90 Å². The Kier molecular flexibility index (Phi) is 6.00. The molecule has 1 fully saturated rings. The number of carbonyl (C=O) groups is 2. The maximum absolute atomic E-state index is 14.4. The number of rotatable bonds is 5. The summed E-state index contributed by atoms with van der Waals surface area (Å²) in [5.41, 5.74) is 1.41. The predicted octanol–water partition coefficient (Wildman–Crippen LogP) is 2.96. The van der Waals surface area contributed by atoms with E-state index in [0.717, 1.165) is 0 Å². The second-order valence-corrected chi connectivity index (χ2v) is 7.35. The fourth-order valence-corrected chi connectivity index (χ4v) is 3.50. The van der Waals surface area contributed by atoms with Crippen molar-refractivity contribution < 1.29 is 18.9 Å². The van der Waals surface area contributed by atoms with Crippen LogP contribution in [0.4, 0.5) is 21.5 Å². The number of nitro groups is 1. The molecule has 1 amide bonds. The second-order valence-electron chi connectivity index (χ2n) is 7.35. The molecule has 0 spiro atoms. The molecule has 0 aliphatic carbocycles. The van der Waals surface area contributed by atoms with Gasteiger partial charge in [-0.25, -0.2) is 4.39 Å². The average molecular weight is 414 g/mol. The number of ketones is 1. The highest BCUT2D eigenvalue weighted by Gasteiger charge is 2.27. The summed E-state index contributed by atoms with van der Waals surface area (Å²) in [6.07, 6.45) is 0. The van der Waals surface area contributed by atoms with E-state index in [0.29, 0.717) is 43.1 Å². The van der Waals surface area contributed by atoms with E-state index >= 15 is 0 Å². The third kappa shape index (κ3) is 4.24. The van der Waals surface area contributed by atoms with Crippen LogP contribution in [0.15, 0.2) is 36.4 Å². The SMILES string of the molecule is CC(=O)c1ccc(N2CCN(C(=O)c3cc([N+](=O)[O-])ccc3N(C)C)CC2)c(F)c1. The van der Waals surface area contributed by atoms with Gasteiger partial charge in [0.05, 0.1) is 16.2 Å². The number of nitro benzene ring substituents is 1. The van der Waals surface area contributed by atoms with Crippen LogP contribution in [0.1, 0.15) is 27.6 Å². The van der Waals surface area contributed by atoms with Gasteiger partial charge in [-0.05, 0) is 31.2 Å². The van der Waals surface area contributed by atoms with Crippen LogP contribution in [0, 0.1) is 15.9 Å². The number of nitrogens with zero attached hydrogens (tertiary/aromatic N) is 4. The van der Waals surface area contributed by atoms with Gasteiger partial charge in [0.15, 0.2) is 5.78 Å². The molecule has 0 radical (unpaired) electrons. The Morgan fingerprint density at radius 1 is 1.07 bits per heavy atom. The minimum Gasteiger partial charge on any atom is -0.377 e. The lowest BCUT2D eigenvalue weighted by atomic mass is 10.1. The van der Waals surface area contributed by atoms with Gasteiger partial charge >= 0.3 is 0 Å². The third-order valence-corrected chi connectivity index (χ3v) is 5.16. The van der Waals surface area contributed by atoms with E-state index in [4.69, 9.17) is 0 Å². The van der Waals surface area contributed by atoms with Crippen LogP contribution < -0.4 is 9.80 Å². The standard InChI is InChI=1S/C21H23FN4O4/c1-14(27)15-4-6-20(18(22)12-15)24-8-10-25(11-9-24)21(28)17-13-16(26(29)30)5-7-19(17)23(2)3/h4-7,12-13H,8-11H2,1-3H3. The molecule has 0 aromatic heterocycles. The van der Waals surface area contributed by atoms with Crippen molar-refractivity contribution in [2.24, 2.45) is 0 Å². The van der Waals surface area contributed by atoms with E-state index in [1.54, 1.807) is 42.1 Å². The van der Waals surface area contributed by atoms with Crippen molar-refractivity contribution in [3.63, 3.8) is 0 Å². The summed E-state index contributed by atoms with van der Waals surface area (Å²) in [6.45, 7) is 2.90. The van der Waals surface area contributed by atoms with Gasteiger partial charge in [0, 0.05) is 63.7 Å². The first kappa shape index (κ1) is 21.2. The van der Waals surface area contributed by atoms with Crippen LogP contribution in [0.2, 0.25) is 0 Å². The molecule has 30 heavy (non-hydrogen) atoms. The molecule has 9 heteroatoms. The van der Waals surface area contributed by atoms with Crippen molar-refractivity contribution in [2.45, 2.75) is 6.92 Å². The topological polar surface area (TPSA) is 87.0 Å². The normalized spacial score (nSPS) is 13.9. The van der Waals surface area contributed by atoms with Crippen molar-refractivity contribution in [3.8, 4) is 0 Å². The summed E-state index contributed by atoms with van der Waals surface area (Å²) in [5, 5.41) is 11.1. The van der Waals surface area contributed by atoms with E-state index < -0.39 is 10.7 Å². The molecule has 1 aliphatic rings. The van der Waals surface area contributed by atoms with E-state index in [1.807, 2.05) is 4.90 Å². The molecule has 8 nitrogen and oxygen atoms in total. The smallest absolute Gasteiger partial charge is 0.270 e. The Morgan fingerprint density at radius 2 is 1.73 bits per heavy atom. The molecule has 0 bridgehead atoms. The first-order chi connectivity index (χ1) is 14.2. The van der Waals surface area contributed by atoms with Gasteiger partial charge in [0.25, 0.3) is 11.6 Å². The van der Waals surface area contributed by atoms with Crippen molar-refractivity contribution >= 4 is 28.8 Å². The first-order valence-electron chi connectivity index (χ1n) is 9.49. The van der Waals surface area contributed by atoms with Gasteiger partial charge in [-0.1, -0.05) is 0 Å². The molecule has 0 N–H and O–H groups in total.